The minimum Gasteiger partial charge on any atom is -0.374 e. The average molecular weight is 149 g/mol. The van der Waals surface area contributed by atoms with Crippen LogP contribution >= 0.6 is 11.6 Å². The molecule has 1 saturated carbocycles. The second kappa shape index (κ2) is 2.89. The number of ether oxygens (including phenoxy) is 1. The lowest BCUT2D eigenvalue weighted by Gasteiger charge is -2.07. The van der Waals surface area contributed by atoms with Crippen LogP contribution in [0.15, 0.2) is 0 Å². The minimum atomic E-state index is 0.305. The van der Waals surface area contributed by atoms with Gasteiger partial charge < -0.3 is 4.74 Å². The van der Waals surface area contributed by atoms with Crippen LogP contribution in [-0.2, 0) is 4.74 Å². The molecule has 3 atom stereocenters. The molecule has 0 N–H and O–H groups in total. The van der Waals surface area contributed by atoms with Gasteiger partial charge in [0, 0.05) is 0 Å². The lowest BCUT2D eigenvalue weighted by atomic mass is 10.3. The Labute approximate surface area is 61.3 Å². The number of halogens is 1. The van der Waals surface area contributed by atoms with Crippen molar-refractivity contribution >= 4 is 11.6 Å². The van der Waals surface area contributed by atoms with Gasteiger partial charge in [-0.1, -0.05) is 6.92 Å². The molecule has 1 fully saturated rings. The fourth-order valence-corrected chi connectivity index (χ4v) is 0.914. The van der Waals surface area contributed by atoms with Gasteiger partial charge >= 0.3 is 0 Å². The third-order valence-electron chi connectivity index (χ3n) is 1.64. The molecule has 0 aromatic rings. The van der Waals surface area contributed by atoms with Crippen molar-refractivity contribution in [2.75, 3.05) is 0 Å². The zero-order valence-electron chi connectivity index (χ0n) is 5.93. The predicted octanol–water partition coefficient (Wildman–Crippen LogP) is 2.18. The molecule has 0 spiro atoms. The summed E-state index contributed by atoms with van der Waals surface area (Å²) >= 11 is 5.73. The average Bonchev–Trinajstić information content (AvgIpc) is 2.47. The molecule has 1 nitrogen and oxygen atoms in total. The maximum absolute atomic E-state index is 5.73. The third kappa shape index (κ3) is 2.15. The number of hydrogen-bond donors (Lipinski definition) is 0. The Morgan fingerprint density at radius 1 is 1.78 bits per heavy atom. The summed E-state index contributed by atoms with van der Waals surface area (Å²) in [5, 5.41) is 0.305. The van der Waals surface area contributed by atoms with Gasteiger partial charge in [0.1, 0.15) is 0 Å². The normalized spacial score (nSPS) is 36.3. The topological polar surface area (TPSA) is 9.23 Å². The van der Waals surface area contributed by atoms with Gasteiger partial charge in [-0.2, -0.15) is 0 Å². The van der Waals surface area contributed by atoms with E-state index in [-0.39, 0.29) is 0 Å². The van der Waals surface area contributed by atoms with Crippen LogP contribution in [0.1, 0.15) is 26.7 Å². The van der Waals surface area contributed by atoms with Gasteiger partial charge in [0.05, 0.1) is 17.6 Å². The van der Waals surface area contributed by atoms with Crippen LogP contribution in [0.4, 0.5) is 0 Å². The highest BCUT2D eigenvalue weighted by Crippen LogP contribution is 2.32. The second-order valence-corrected chi connectivity index (χ2v) is 3.21. The van der Waals surface area contributed by atoms with Gasteiger partial charge in [-0.05, 0) is 19.8 Å². The van der Waals surface area contributed by atoms with Crippen molar-refractivity contribution in [3.8, 4) is 0 Å². The van der Waals surface area contributed by atoms with Crippen molar-refractivity contribution in [3.05, 3.63) is 0 Å². The summed E-state index contributed by atoms with van der Waals surface area (Å²) in [6, 6.07) is 0. The summed E-state index contributed by atoms with van der Waals surface area (Å²) in [6.45, 7) is 4.21. The molecule has 54 valence electrons. The molecule has 0 aromatic heterocycles. The van der Waals surface area contributed by atoms with Gasteiger partial charge in [-0.25, -0.2) is 0 Å². The Morgan fingerprint density at radius 3 is 2.67 bits per heavy atom. The summed E-state index contributed by atoms with van der Waals surface area (Å²) in [5.41, 5.74) is 0. The maximum Gasteiger partial charge on any atom is 0.0758 e. The maximum atomic E-state index is 5.73. The first-order chi connectivity index (χ1) is 4.24. The van der Waals surface area contributed by atoms with Crippen LogP contribution in [0, 0.1) is 0 Å². The first-order valence-electron chi connectivity index (χ1n) is 3.53. The highest BCUT2D eigenvalue weighted by atomic mass is 35.5. The molecule has 0 aromatic carbocycles. The highest BCUT2D eigenvalue weighted by molar-refractivity contribution is 6.23. The molecule has 9 heavy (non-hydrogen) atoms. The predicted molar refractivity (Wildman–Crippen MR) is 38.9 cm³/mol. The molecule has 1 aliphatic carbocycles. The van der Waals surface area contributed by atoms with E-state index in [2.05, 4.69) is 13.8 Å². The molecule has 1 rings (SSSR count). The fourth-order valence-electron chi connectivity index (χ4n) is 0.679. The smallest absolute Gasteiger partial charge is 0.0758 e. The minimum absolute atomic E-state index is 0.305. The van der Waals surface area contributed by atoms with E-state index in [1.807, 2.05) is 0 Å². The van der Waals surface area contributed by atoms with Gasteiger partial charge in [0.15, 0.2) is 0 Å². The van der Waals surface area contributed by atoms with E-state index in [0.717, 1.165) is 12.8 Å². The first-order valence-corrected chi connectivity index (χ1v) is 3.97. The summed E-state index contributed by atoms with van der Waals surface area (Å²) in [5.74, 6) is 0. The molecule has 2 heteroatoms. The van der Waals surface area contributed by atoms with E-state index in [9.17, 15) is 0 Å². The first kappa shape index (κ1) is 7.36. The molecule has 0 heterocycles. The Morgan fingerprint density at radius 2 is 2.33 bits per heavy atom. The molecule has 1 aliphatic rings. The van der Waals surface area contributed by atoms with Gasteiger partial charge in [0.25, 0.3) is 0 Å². The van der Waals surface area contributed by atoms with Crippen LogP contribution in [0.3, 0.4) is 0 Å². The number of hydrogen-bond acceptors (Lipinski definition) is 1. The van der Waals surface area contributed by atoms with Crippen molar-refractivity contribution in [2.24, 2.45) is 0 Å². The number of rotatable bonds is 3. The van der Waals surface area contributed by atoms with E-state index < -0.39 is 0 Å². The molecule has 0 aliphatic heterocycles. The quantitative estimate of drug-likeness (QED) is 0.558. The van der Waals surface area contributed by atoms with E-state index >= 15 is 0 Å². The third-order valence-corrected chi connectivity index (χ3v) is 2.10. The van der Waals surface area contributed by atoms with E-state index in [1.165, 1.54) is 0 Å². The van der Waals surface area contributed by atoms with Crippen LogP contribution in [0.5, 0.6) is 0 Å². The van der Waals surface area contributed by atoms with E-state index in [1.54, 1.807) is 0 Å². The van der Waals surface area contributed by atoms with Crippen molar-refractivity contribution in [2.45, 2.75) is 44.3 Å². The molecule has 3 unspecified atom stereocenters. The van der Waals surface area contributed by atoms with E-state index in [0.29, 0.717) is 17.6 Å². The Kier molecular flexibility index (Phi) is 2.36. The monoisotopic (exact) mass is 148 g/mol. The summed E-state index contributed by atoms with van der Waals surface area (Å²) in [7, 11) is 0. The standard InChI is InChI=1S/C7H13ClO/c1-3-5(2)9-7-4-6(7)8/h5-7H,3-4H2,1-2H3. The Bertz CT molecular complexity index is 92.9. The van der Waals surface area contributed by atoms with Gasteiger partial charge in [-0.3, -0.25) is 0 Å². The van der Waals surface area contributed by atoms with Crippen molar-refractivity contribution < 1.29 is 4.74 Å². The van der Waals surface area contributed by atoms with Crippen LogP contribution in [-0.4, -0.2) is 17.6 Å². The largest absolute Gasteiger partial charge is 0.374 e. The van der Waals surface area contributed by atoms with Crippen molar-refractivity contribution in [3.63, 3.8) is 0 Å². The summed E-state index contributed by atoms with van der Waals surface area (Å²) in [4.78, 5) is 0. The highest BCUT2D eigenvalue weighted by Gasteiger charge is 2.37. The fraction of sp³-hybridized carbons (Fsp3) is 1.00. The lowest BCUT2D eigenvalue weighted by molar-refractivity contribution is 0.0508. The summed E-state index contributed by atoms with van der Waals surface area (Å²) in [6.07, 6.45) is 2.88. The molecule has 0 amide bonds. The van der Waals surface area contributed by atoms with Crippen LogP contribution in [0.25, 0.3) is 0 Å². The van der Waals surface area contributed by atoms with Crippen LogP contribution < -0.4 is 0 Å². The number of alkyl halides is 1. The molecule has 0 bridgehead atoms. The zero-order valence-corrected chi connectivity index (χ0v) is 6.69. The Balaban J connectivity index is 2.05. The van der Waals surface area contributed by atoms with Crippen molar-refractivity contribution in [1.82, 2.24) is 0 Å². The molecular weight excluding hydrogens is 136 g/mol. The van der Waals surface area contributed by atoms with Gasteiger partial charge in [-0.15, -0.1) is 11.6 Å². The molecular formula is C7H13ClO. The Hall–Kier alpha value is 0.250. The molecule has 0 saturated heterocycles. The summed E-state index contributed by atoms with van der Waals surface area (Å²) < 4.78 is 5.49. The SMILES string of the molecule is CCC(C)OC1CC1Cl. The van der Waals surface area contributed by atoms with Crippen molar-refractivity contribution in [1.29, 1.82) is 0 Å². The van der Waals surface area contributed by atoms with Crippen LogP contribution in [0.2, 0.25) is 0 Å². The molecule has 0 radical (unpaired) electrons. The van der Waals surface area contributed by atoms with E-state index in [4.69, 9.17) is 16.3 Å². The second-order valence-electron chi connectivity index (χ2n) is 2.65. The lowest BCUT2D eigenvalue weighted by Crippen LogP contribution is -2.09. The zero-order chi connectivity index (χ0) is 6.85. The van der Waals surface area contributed by atoms with Gasteiger partial charge in [0.2, 0.25) is 0 Å².